The molecule has 180 valence electrons. The molecule has 0 atom stereocenters. The molecule has 0 spiro atoms. The molecule has 0 fully saturated rings. The lowest BCUT2D eigenvalue weighted by Gasteiger charge is -2.27. The first kappa shape index (κ1) is 26.9. The monoisotopic (exact) mass is 438 g/mol. The quantitative estimate of drug-likeness (QED) is 0.238. The number of unbranched alkanes of at least 4 members (excludes halogenated alkanes) is 12. The zero-order valence-corrected chi connectivity index (χ0v) is 21.1. The molecule has 2 aliphatic rings. The third-order valence-corrected chi connectivity index (χ3v) is 7.05. The van der Waals surface area contributed by atoms with Crippen molar-refractivity contribution in [3.05, 3.63) is 59.8 Å². The van der Waals surface area contributed by atoms with Crippen LogP contribution in [0.25, 0.3) is 0 Å². The Morgan fingerprint density at radius 1 is 0.469 bits per heavy atom. The fourth-order valence-corrected chi connectivity index (χ4v) is 4.70. The molecule has 0 heterocycles. The van der Waals surface area contributed by atoms with Gasteiger partial charge in [0.1, 0.15) is 0 Å². The average Bonchev–Trinajstić information content (AvgIpc) is 2.79. The van der Waals surface area contributed by atoms with E-state index >= 15 is 0 Å². The molecule has 0 bridgehead atoms. The first-order valence-corrected chi connectivity index (χ1v) is 13.6. The summed E-state index contributed by atoms with van der Waals surface area (Å²) in [6, 6.07) is 0. The van der Waals surface area contributed by atoms with Gasteiger partial charge in [0.05, 0.1) is 11.1 Å². The Morgan fingerprint density at radius 2 is 0.750 bits per heavy atom. The van der Waals surface area contributed by atoms with Gasteiger partial charge in [0.25, 0.3) is 0 Å². The molecule has 0 aliphatic heterocycles. The van der Waals surface area contributed by atoms with Crippen LogP contribution in [0, 0.1) is 0 Å². The van der Waals surface area contributed by atoms with Gasteiger partial charge in [0.15, 0.2) is 0 Å². The van der Waals surface area contributed by atoms with Crippen molar-refractivity contribution in [2.45, 2.75) is 128 Å². The Labute approximate surface area is 199 Å². The van der Waals surface area contributed by atoms with Gasteiger partial charge in [-0.2, -0.15) is 0 Å². The molecule has 0 amide bonds. The van der Waals surface area contributed by atoms with E-state index in [2.05, 4.69) is 62.5 Å². The summed E-state index contributed by atoms with van der Waals surface area (Å²) in [5.41, 5.74) is 15.1. The minimum absolute atomic E-state index is 0.287. The molecule has 2 rings (SSSR count). The highest BCUT2D eigenvalue weighted by molar-refractivity contribution is 5.53. The minimum atomic E-state index is -0.287. The van der Waals surface area contributed by atoms with E-state index < -0.39 is 0 Å². The standard InChI is InChI=1S/C30H50N2/c1-3-5-7-9-11-13-15-21-29(31)23-17-27(18-24-29)28-19-25-30(32,26-20-28)22-16-14-12-10-8-6-4-2/h17-20,23-26H,3-16,21-22,31-32H2,1-2H3. The molecule has 0 saturated carbocycles. The lowest BCUT2D eigenvalue weighted by molar-refractivity contribution is 0.512. The van der Waals surface area contributed by atoms with Gasteiger partial charge >= 0.3 is 0 Å². The van der Waals surface area contributed by atoms with Crippen LogP contribution in [-0.2, 0) is 0 Å². The summed E-state index contributed by atoms with van der Waals surface area (Å²) in [5, 5.41) is 0. The molecule has 2 nitrogen and oxygen atoms in total. The van der Waals surface area contributed by atoms with Crippen LogP contribution in [0.3, 0.4) is 0 Å². The van der Waals surface area contributed by atoms with Gasteiger partial charge in [-0.1, -0.05) is 152 Å². The molecule has 0 aromatic carbocycles. The van der Waals surface area contributed by atoms with E-state index in [9.17, 15) is 0 Å². The number of nitrogens with two attached hydrogens (primary N) is 2. The van der Waals surface area contributed by atoms with Gasteiger partial charge in [-0.3, -0.25) is 0 Å². The van der Waals surface area contributed by atoms with E-state index in [0.29, 0.717) is 0 Å². The van der Waals surface area contributed by atoms with E-state index in [-0.39, 0.29) is 11.1 Å². The Hall–Kier alpha value is -1.38. The fraction of sp³-hybridized carbons (Fsp3) is 0.667. The van der Waals surface area contributed by atoms with Crippen LogP contribution in [0.1, 0.15) is 117 Å². The van der Waals surface area contributed by atoms with Crippen molar-refractivity contribution in [3.63, 3.8) is 0 Å². The third kappa shape index (κ3) is 10.0. The van der Waals surface area contributed by atoms with Gasteiger partial charge in [0, 0.05) is 0 Å². The summed E-state index contributed by atoms with van der Waals surface area (Å²) < 4.78 is 0. The molecule has 0 aromatic heterocycles. The van der Waals surface area contributed by atoms with Gasteiger partial charge in [-0.25, -0.2) is 0 Å². The second kappa shape index (κ2) is 14.7. The van der Waals surface area contributed by atoms with Crippen molar-refractivity contribution in [3.8, 4) is 0 Å². The highest BCUT2D eigenvalue weighted by Gasteiger charge is 2.23. The molecular weight excluding hydrogens is 388 g/mol. The zero-order chi connectivity index (χ0) is 23.1. The van der Waals surface area contributed by atoms with Gasteiger partial charge < -0.3 is 11.5 Å². The molecule has 0 saturated heterocycles. The number of rotatable bonds is 16. The molecule has 0 radical (unpaired) electrons. The Kier molecular flexibility index (Phi) is 12.3. The van der Waals surface area contributed by atoms with Crippen LogP contribution in [0.2, 0.25) is 0 Å². The number of allylic oxidation sites excluding steroid dienone is 6. The lowest BCUT2D eigenvalue weighted by atomic mass is 9.84. The maximum atomic E-state index is 6.61. The van der Waals surface area contributed by atoms with Crippen LogP contribution >= 0.6 is 0 Å². The van der Waals surface area contributed by atoms with Gasteiger partial charge in [-0.05, 0) is 24.0 Å². The smallest absolute Gasteiger partial charge is 0.0531 e. The Morgan fingerprint density at radius 3 is 1.06 bits per heavy atom. The molecule has 2 heteroatoms. The zero-order valence-electron chi connectivity index (χ0n) is 21.1. The fourth-order valence-electron chi connectivity index (χ4n) is 4.70. The lowest BCUT2D eigenvalue weighted by Crippen LogP contribution is -2.36. The van der Waals surface area contributed by atoms with Crippen LogP contribution in [-0.4, -0.2) is 11.1 Å². The topological polar surface area (TPSA) is 52.0 Å². The summed E-state index contributed by atoms with van der Waals surface area (Å²) >= 11 is 0. The maximum Gasteiger partial charge on any atom is 0.0531 e. The highest BCUT2D eigenvalue weighted by atomic mass is 14.7. The molecular formula is C30H50N2. The Balaban J connectivity index is 1.73. The van der Waals surface area contributed by atoms with Crippen LogP contribution in [0.15, 0.2) is 59.8 Å². The van der Waals surface area contributed by atoms with Crippen molar-refractivity contribution < 1.29 is 0 Å². The molecule has 0 aromatic rings. The number of hydrogen-bond donors (Lipinski definition) is 2. The van der Waals surface area contributed by atoms with E-state index in [1.54, 1.807) is 0 Å². The normalized spacial score (nSPS) is 24.6. The van der Waals surface area contributed by atoms with Crippen LogP contribution in [0.5, 0.6) is 0 Å². The van der Waals surface area contributed by atoms with E-state index in [4.69, 9.17) is 11.5 Å². The first-order valence-electron chi connectivity index (χ1n) is 13.6. The predicted molar refractivity (Wildman–Crippen MR) is 143 cm³/mol. The molecule has 32 heavy (non-hydrogen) atoms. The first-order chi connectivity index (χ1) is 15.5. The van der Waals surface area contributed by atoms with Crippen molar-refractivity contribution in [2.24, 2.45) is 11.5 Å². The van der Waals surface area contributed by atoms with Gasteiger partial charge in [-0.15, -0.1) is 0 Å². The van der Waals surface area contributed by atoms with Crippen molar-refractivity contribution >= 4 is 0 Å². The summed E-state index contributed by atoms with van der Waals surface area (Å²) in [6.07, 6.45) is 38.2. The molecule has 0 unspecified atom stereocenters. The number of hydrogen-bond acceptors (Lipinski definition) is 2. The van der Waals surface area contributed by atoms with Gasteiger partial charge in [0.2, 0.25) is 0 Å². The largest absolute Gasteiger partial charge is 0.319 e. The highest BCUT2D eigenvalue weighted by Crippen LogP contribution is 2.28. The molecule has 4 N–H and O–H groups in total. The predicted octanol–water partition coefficient (Wildman–Crippen LogP) is 8.21. The average molecular weight is 439 g/mol. The summed E-state index contributed by atoms with van der Waals surface area (Å²) in [4.78, 5) is 0. The van der Waals surface area contributed by atoms with E-state index in [0.717, 1.165) is 12.8 Å². The summed E-state index contributed by atoms with van der Waals surface area (Å²) in [7, 11) is 0. The maximum absolute atomic E-state index is 6.61. The van der Waals surface area contributed by atoms with Crippen LogP contribution in [0.4, 0.5) is 0 Å². The van der Waals surface area contributed by atoms with Crippen molar-refractivity contribution in [1.29, 1.82) is 0 Å². The van der Waals surface area contributed by atoms with Crippen molar-refractivity contribution in [2.75, 3.05) is 0 Å². The van der Waals surface area contributed by atoms with Crippen molar-refractivity contribution in [1.82, 2.24) is 0 Å². The third-order valence-electron chi connectivity index (χ3n) is 7.05. The van der Waals surface area contributed by atoms with E-state index in [1.165, 1.54) is 101 Å². The van der Waals surface area contributed by atoms with Crippen LogP contribution < -0.4 is 11.5 Å². The second-order valence-electron chi connectivity index (χ2n) is 10.2. The summed E-state index contributed by atoms with van der Waals surface area (Å²) in [6.45, 7) is 4.54. The Bertz CT molecular complexity index is 587. The van der Waals surface area contributed by atoms with E-state index in [1.807, 2.05) is 0 Å². The second-order valence-corrected chi connectivity index (χ2v) is 10.2. The SMILES string of the molecule is CCCCCCCCCC1(N)C=CC(=C2C=CC(N)(CCCCCCCCC)C=C2)C=C1. The summed E-state index contributed by atoms with van der Waals surface area (Å²) in [5.74, 6) is 0. The minimum Gasteiger partial charge on any atom is -0.319 e. The molecule has 2 aliphatic carbocycles.